The van der Waals surface area contributed by atoms with Crippen LogP contribution in [0.5, 0.6) is 34.5 Å². The van der Waals surface area contributed by atoms with E-state index in [2.05, 4.69) is 16.8 Å². The highest BCUT2D eigenvalue weighted by molar-refractivity contribution is 7.89. The van der Waals surface area contributed by atoms with Crippen LogP contribution in [0.4, 0.5) is 32.3 Å². The number of aliphatic hydroxyl groups excluding tert-OH is 2. The Morgan fingerprint density at radius 1 is 0.557 bits per heavy atom. The Morgan fingerprint density at radius 3 is 1.63 bits per heavy atom. The number of sulfone groups is 1. The zero-order valence-electron chi connectivity index (χ0n) is 58.0. The number of piperazine rings is 1. The number of β-amino-alcohol motifs (C(OH)–C–C–N with tert-alkyl or cyclic N) is 2. The van der Waals surface area contributed by atoms with Gasteiger partial charge in [-0.3, -0.25) is 19.4 Å². The lowest BCUT2D eigenvalue weighted by Crippen LogP contribution is -2.50. The molecule has 0 aliphatic carbocycles. The second kappa shape index (κ2) is 39.4. The first-order valence-electron chi connectivity index (χ1n) is 33.7. The van der Waals surface area contributed by atoms with Crippen LogP contribution in [0.25, 0.3) is 0 Å². The zero-order chi connectivity index (χ0) is 76.0. The molecule has 3 saturated heterocycles. The number of Topliss-reactive ketones (excluding diaryl/α,β-unsaturated/α-hetero) is 1. The summed E-state index contributed by atoms with van der Waals surface area (Å²) in [6.07, 6.45) is 1.39. The van der Waals surface area contributed by atoms with Crippen LogP contribution in [0.3, 0.4) is 0 Å². The number of anilines is 4. The van der Waals surface area contributed by atoms with Gasteiger partial charge in [0.15, 0.2) is 22.2 Å². The number of nitrogens with zero attached hydrogens (tertiary/aromatic N) is 6. The number of urea groups is 2. The lowest BCUT2D eigenvalue weighted by atomic mass is 10.1. The third-order valence-corrected chi connectivity index (χ3v) is 20.1. The topological polar surface area (TPSA) is 241 Å². The van der Waals surface area contributed by atoms with E-state index in [1.807, 2.05) is 72.5 Å². The Hall–Kier alpha value is -8.52. The van der Waals surface area contributed by atoms with Crippen molar-refractivity contribution in [2.24, 2.45) is 0 Å². The van der Waals surface area contributed by atoms with Crippen LogP contribution < -0.4 is 43.7 Å². The molecule has 3 fully saturated rings. The molecule has 4 heterocycles. The van der Waals surface area contributed by atoms with Gasteiger partial charge in [0.05, 0.1) is 49.0 Å². The number of ketones is 1. The standard InChI is InChI=1S/C21H20Cl2N2O3.C19H20Cl2N2O3.C19H21Cl2NO4S.C18H19ClN2O4/c1-14-10-15-2-4-17(12-20(15)28-14)27-13-21(26)25-8-6-24(7-9-25)16-3-5-18(22)19(23)11-16;1-13-2-5-16(6-3-13)26-12-15(24)11-22-8-9-23(19(22)25)14-4-7-17(20)18(21)10-14;1-27(24,25)13-14-4-7-17(8-5-14)26-12-16(23)3-2-10-22-15-6-9-18(20)19(21)11-15;19-13-1-3-14(4-2-13)21-10-9-20(18(21)24)11-16(23)12-25-17-7-5-15(22)6-8-17/h2-5,11-12H,1,6-10,13H2;2-7,10,15,24H,8-9,11-12H2,1H3;4-9,11,22H,2-3,10,12-13H2,1H3;1-8,16,22-23H,9-12H2/t;15-;;16-/m.0.0/s1. The number of aromatic hydroxyl groups is 1. The van der Waals surface area contributed by atoms with Gasteiger partial charge in [-0.1, -0.05) is 124 Å². The molecule has 562 valence electrons. The highest BCUT2D eigenvalue weighted by Crippen LogP contribution is 2.35. The first-order valence-corrected chi connectivity index (χ1v) is 38.4. The maximum Gasteiger partial charge on any atom is 0.324 e. The number of phenols is 1. The predicted octanol–water partition coefficient (Wildman–Crippen LogP) is 15.3. The van der Waals surface area contributed by atoms with Crippen molar-refractivity contribution in [1.82, 2.24) is 14.7 Å². The molecule has 2 atom stereocenters. The molecular formula is C77H80Cl7N7O14S. The molecule has 0 unspecified atom stereocenters. The summed E-state index contributed by atoms with van der Waals surface area (Å²) in [5.74, 6) is 3.98. The maximum atomic E-state index is 12.6. The van der Waals surface area contributed by atoms with Gasteiger partial charge in [-0.2, -0.15) is 0 Å². The molecule has 4 aliphatic heterocycles. The molecular weight excluding hydrogens is 1530 g/mol. The number of ether oxygens (including phenoxy) is 5. The molecule has 8 aromatic rings. The second-order valence-corrected chi connectivity index (χ2v) is 30.1. The number of carbonyl (C=O) groups excluding carboxylic acids is 4. The first kappa shape index (κ1) is 81.6. The van der Waals surface area contributed by atoms with Crippen molar-refractivity contribution in [2.75, 3.05) is 125 Å². The van der Waals surface area contributed by atoms with Gasteiger partial charge in [0.1, 0.15) is 72.3 Å². The Kier molecular flexibility index (Phi) is 30.3. The molecule has 12 rings (SSSR count). The molecule has 8 aromatic carbocycles. The fourth-order valence-corrected chi connectivity index (χ4v) is 13.0. The average molecular weight is 1610 g/mol. The van der Waals surface area contributed by atoms with E-state index in [0.717, 1.165) is 59.2 Å². The number of amides is 5. The highest BCUT2D eigenvalue weighted by atomic mass is 35.5. The SMILES string of the molecule is C=C1Cc2ccc(OCC(=O)N3CCN(c4ccc(Cl)c(Cl)c4)CC3)cc2O1.CS(=O)(=O)Cc1ccc(OCC(=O)CCCNc2ccc(Cl)c(Cl)c2)cc1.Cc1ccc(OC[C@@H](O)CN2CCN(c3ccc(Cl)c(Cl)c3)C2=O)cc1.O=C1N(C[C@H](O)COc2ccc(O)cc2)CCN1c1ccc(Cl)cc1. The number of carbonyl (C=O) groups is 4. The van der Waals surface area contributed by atoms with Crippen molar-refractivity contribution in [3.63, 3.8) is 0 Å². The molecule has 21 nitrogen and oxygen atoms in total. The summed E-state index contributed by atoms with van der Waals surface area (Å²) in [6.45, 7) is 11.9. The number of phenolic OH excluding ortho intramolecular Hbond substituents is 1. The van der Waals surface area contributed by atoms with E-state index in [1.165, 1.54) is 18.4 Å². The van der Waals surface area contributed by atoms with E-state index < -0.39 is 22.0 Å². The molecule has 0 saturated carbocycles. The molecule has 0 bridgehead atoms. The number of rotatable bonds is 26. The largest absolute Gasteiger partial charge is 0.508 e. The van der Waals surface area contributed by atoms with E-state index in [4.69, 9.17) is 105 Å². The molecule has 0 radical (unpaired) electrons. The number of aliphatic hydroxyl groups is 2. The Balaban J connectivity index is 0.000000164. The molecule has 0 spiro atoms. The van der Waals surface area contributed by atoms with Gasteiger partial charge in [0, 0.05) is 117 Å². The van der Waals surface area contributed by atoms with Crippen molar-refractivity contribution < 1.29 is 66.6 Å². The Bertz CT molecular complexity index is 4430. The van der Waals surface area contributed by atoms with Crippen LogP contribution in [0, 0.1) is 6.92 Å². The lowest BCUT2D eigenvalue weighted by molar-refractivity contribution is -0.133. The predicted molar refractivity (Wildman–Crippen MR) is 419 cm³/mol. The minimum Gasteiger partial charge on any atom is -0.508 e. The van der Waals surface area contributed by atoms with Crippen molar-refractivity contribution in [3.05, 3.63) is 234 Å². The number of hydrogen-bond donors (Lipinski definition) is 4. The number of hydrogen-bond acceptors (Lipinski definition) is 16. The molecule has 29 heteroatoms. The zero-order valence-corrected chi connectivity index (χ0v) is 64.1. The fraction of sp³-hybridized carbons (Fsp3) is 0.299. The second-order valence-electron chi connectivity index (χ2n) is 25.1. The lowest BCUT2D eigenvalue weighted by Gasteiger charge is -2.36. The van der Waals surface area contributed by atoms with Crippen LogP contribution in [-0.2, 0) is 31.6 Å². The molecule has 5 amide bonds. The van der Waals surface area contributed by atoms with Crippen molar-refractivity contribution in [2.45, 2.75) is 44.1 Å². The first-order chi connectivity index (χ1) is 50.7. The molecule has 4 aliphatic rings. The Morgan fingerprint density at radius 2 is 1.06 bits per heavy atom. The minimum atomic E-state index is -3.07. The number of halogens is 7. The maximum absolute atomic E-state index is 12.6. The van der Waals surface area contributed by atoms with Gasteiger partial charge in [-0.05, 0) is 152 Å². The van der Waals surface area contributed by atoms with Gasteiger partial charge >= 0.3 is 12.1 Å². The van der Waals surface area contributed by atoms with E-state index in [-0.39, 0.29) is 74.8 Å². The molecule has 4 N–H and O–H groups in total. The van der Waals surface area contributed by atoms with Gasteiger partial charge in [0.2, 0.25) is 0 Å². The van der Waals surface area contributed by atoms with Gasteiger partial charge in [-0.25, -0.2) is 18.0 Å². The van der Waals surface area contributed by atoms with E-state index in [9.17, 15) is 42.9 Å². The normalized spacial score (nSPS) is 14.5. The van der Waals surface area contributed by atoms with E-state index in [1.54, 1.807) is 117 Å². The van der Waals surface area contributed by atoms with Crippen LogP contribution in [-0.4, -0.2) is 179 Å². The monoisotopic (exact) mass is 1600 g/mol. The average Bonchev–Trinajstić information content (AvgIpc) is 1.64. The molecule has 106 heavy (non-hydrogen) atoms. The van der Waals surface area contributed by atoms with Gasteiger partial charge in [-0.15, -0.1) is 0 Å². The molecule has 0 aromatic heterocycles. The minimum absolute atomic E-state index is 0.00645. The summed E-state index contributed by atoms with van der Waals surface area (Å²) in [6, 6.07) is 48.9. The smallest absolute Gasteiger partial charge is 0.324 e. The third kappa shape index (κ3) is 25.3. The summed E-state index contributed by atoms with van der Waals surface area (Å²) in [5, 5.41) is 36.3. The highest BCUT2D eigenvalue weighted by Gasteiger charge is 2.33. The van der Waals surface area contributed by atoms with Gasteiger partial charge < -0.3 is 63.9 Å². The summed E-state index contributed by atoms with van der Waals surface area (Å²) in [7, 11) is -3.07. The number of aryl methyl sites for hydroxylation is 1. The quantitative estimate of drug-likeness (QED) is 0.0369. The van der Waals surface area contributed by atoms with E-state index in [0.29, 0.717) is 128 Å². The van der Waals surface area contributed by atoms with Crippen LogP contribution in [0.1, 0.15) is 29.5 Å². The van der Waals surface area contributed by atoms with Crippen molar-refractivity contribution in [3.8, 4) is 34.5 Å². The fourth-order valence-electron chi connectivity index (χ4n) is 11.2. The number of fused-ring (bicyclic) bond motifs is 1. The van der Waals surface area contributed by atoms with Gasteiger partial charge in [0.25, 0.3) is 5.91 Å². The summed E-state index contributed by atoms with van der Waals surface area (Å²) in [5.41, 5.74) is 6.25. The Labute approximate surface area is 651 Å². The van der Waals surface area contributed by atoms with Crippen LogP contribution in [0.2, 0.25) is 35.2 Å². The summed E-state index contributed by atoms with van der Waals surface area (Å²) in [4.78, 5) is 59.9. The third-order valence-electron chi connectivity index (χ3n) is 16.7. The number of benzene rings is 8. The van der Waals surface area contributed by atoms with Crippen molar-refractivity contribution >= 4 is 138 Å². The number of nitrogens with one attached hydrogen (secondary N) is 1. The summed E-state index contributed by atoms with van der Waals surface area (Å²) < 4.78 is 50.2. The van der Waals surface area contributed by atoms with Crippen molar-refractivity contribution in [1.29, 1.82) is 0 Å². The van der Waals surface area contributed by atoms with E-state index >= 15 is 0 Å². The number of allylic oxidation sites excluding steroid dienone is 1. The summed E-state index contributed by atoms with van der Waals surface area (Å²) >= 11 is 41.7. The van der Waals surface area contributed by atoms with Crippen LogP contribution in [0.15, 0.2) is 182 Å². The van der Waals surface area contributed by atoms with Crippen LogP contribution >= 0.6 is 81.2 Å².